The van der Waals surface area contributed by atoms with Gasteiger partial charge in [0.2, 0.25) is 0 Å². The van der Waals surface area contributed by atoms with Gasteiger partial charge in [0.15, 0.2) is 0 Å². The zero-order valence-corrected chi connectivity index (χ0v) is 9.24. The van der Waals surface area contributed by atoms with E-state index in [1.807, 2.05) is 0 Å². The minimum absolute atomic E-state index is 0.0942. The van der Waals surface area contributed by atoms with Crippen LogP contribution in [0.5, 0.6) is 0 Å². The molecule has 0 bridgehead atoms. The Morgan fingerprint density at radius 3 is 2.53 bits per heavy atom. The van der Waals surface area contributed by atoms with Crippen LogP contribution in [0.2, 0.25) is 0 Å². The van der Waals surface area contributed by atoms with Crippen LogP contribution in [0.3, 0.4) is 0 Å². The Hall–Kier alpha value is -0.610. The van der Waals surface area contributed by atoms with Crippen molar-refractivity contribution in [1.82, 2.24) is 4.90 Å². The average molecular weight is 213 g/mol. The summed E-state index contributed by atoms with van der Waals surface area (Å²) in [5.41, 5.74) is -0.0942. The average Bonchev–Trinajstić information content (AvgIpc) is 2.62. The van der Waals surface area contributed by atoms with Gasteiger partial charge in [0.1, 0.15) is 0 Å². The van der Waals surface area contributed by atoms with Gasteiger partial charge in [-0.2, -0.15) is 0 Å². The van der Waals surface area contributed by atoms with Crippen LogP contribution in [0.25, 0.3) is 0 Å². The van der Waals surface area contributed by atoms with Gasteiger partial charge in [0.25, 0.3) is 0 Å². The minimum Gasteiger partial charge on any atom is -0.481 e. The number of hydrogen-bond acceptors (Lipinski definition) is 3. The van der Waals surface area contributed by atoms with Crippen LogP contribution in [0, 0.1) is 0 Å². The number of nitrogens with zero attached hydrogens (tertiary/aromatic N) is 1. The molecule has 0 aromatic carbocycles. The van der Waals surface area contributed by atoms with Crippen molar-refractivity contribution in [3.63, 3.8) is 0 Å². The SMILES string of the molecule is COC1CC(CC(=O)O)(N2CCCC2)C1. The van der Waals surface area contributed by atoms with E-state index in [0.717, 1.165) is 25.9 Å². The van der Waals surface area contributed by atoms with Gasteiger partial charge < -0.3 is 9.84 Å². The second-order valence-corrected chi connectivity index (χ2v) is 4.75. The molecular weight excluding hydrogens is 194 g/mol. The standard InChI is InChI=1S/C11H19NO3/c1-15-9-6-11(7-9,8-10(13)14)12-4-2-3-5-12/h9H,2-8H2,1H3,(H,13,14). The van der Waals surface area contributed by atoms with Crippen LogP contribution in [0.15, 0.2) is 0 Å². The van der Waals surface area contributed by atoms with Crippen LogP contribution in [-0.4, -0.2) is 47.8 Å². The summed E-state index contributed by atoms with van der Waals surface area (Å²) >= 11 is 0. The van der Waals surface area contributed by atoms with Gasteiger partial charge in [0, 0.05) is 12.6 Å². The van der Waals surface area contributed by atoms with Crippen LogP contribution < -0.4 is 0 Å². The van der Waals surface area contributed by atoms with Gasteiger partial charge in [-0.05, 0) is 38.8 Å². The Labute approximate surface area is 90.2 Å². The highest BCUT2D eigenvalue weighted by atomic mass is 16.5. The summed E-state index contributed by atoms with van der Waals surface area (Å²) in [5.74, 6) is -0.684. The first-order valence-corrected chi connectivity index (χ1v) is 5.66. The molecule has 1 aliphatic heterocycles. The summed E-state index contributed by atoms with van der Waals surface area (Å²) in [6.07, 6.45) is 4.72. The lowest BCUT2D eigenvalue weighted by atomic mass is 9.70. The molecule has 0 radical (unpaired) electrons. The molecule has 4 nitrogen and oxygen atoms in total. The number of methoxy groups -OCH3 is 1. The molecule has 4 heteroatoms. The van der Waals surface area contributed by atoms with Crippen LogP contribution in [0.1, 0.15) is 32.1 Å². The number of carbonyl (C=O) groups is 1. The van der Waals surface area contributed by atoms with E-state index in [1.54, 1.807) is 7.11 Å². The molecule has 1 saturated carbocycles. The molecule has 1 N–H and O–H groups in total. The van der Waals surface area contributed by atoms with Gasteiger partial charge in [-0.15, -0.1) is 0 Å². The lowest BCUT2D eigenvalue weighted by Gasteiger charge is -2.52. The van der Waals surface area contributed by atoms with E-state index < -0.39 is 5.97 Å². The summed E-state index contributed by atoms with van der Waals surface area (Å²) in [4.78, 5) is 13.2. The van der Waals surface area contributed by atoms with Crippen molar-refractivity contribution in [2.75, 3.05) is 20.2 Å². The summed E-state index contributed by atoms with van der Waals surface area (Å²) in [5, 5.41) is 8.97. The molecule has 2 rings (SSSR count). The summed E-state index contributed by atoms with van der Waals surface area (Å²) < 4.78 is 5.26. The third kappa shape index (κ3) is 2.01. The molecule has 1 heterocycles. The molecule has 0 spiro atoms. The van der Waals surface area contributed by atoms with E-state index in [9.17, 15) is 4.79 Å². The summed E-state index contributed by atoms with van der Waals surface area (Å²) in [6.45, 7) is 2.12. The number of likely N-dealkylation sites (tertiary alicyclic amines) is 1. The van der Waals surface area contributed by atoms with Crippen LogP contribution >= 0.6 is 0 Å². The van der Waals surface area contributed by atoms with Gasteiger partial charge in [-0.3, -0.25) is 9.69 Å². The van der Waals surface area contributed by atoms with Crippen molar-refractivity contribution in [2.45, 2.75) is 43.7 Å². The molecule has 2 aliphatic rings. The molecule has 0 aromatic heterocycles. The van der Waals surface area contributed by atoms with E-state index in [2.05, 4.69) is 4.90 Å². The lowest BCUT2D eigenvalue weighted by molar-refractivity contribution is -0.148. The summed E-state index contributed by atoms with van der Waals surface area (Å²) in [6, 6.07) is 0. The predicted octanol–water partition coefficient (Wildman–Crippen LogP) is 1.10. The Balaban J connectivity index is 2.00. The highest BCUT2D eigenvalue weighted by molar-refractivity contribution is 5.68. The first kappa shape index (κ1) is 10.9. The van der Waals surface area contributed by atoms with Crippen molar-refractivity contribution < 1.29 is 14.6 Å². The number of carboxylic acids is 1. The molecule has 0 amide bonds. The highest BCUT2D eigenvalue weighted by Crippen LogP contribution is 2.43. The van der Waals surface area contributed by atoms with E-state index in [0.29, 0.717) is 0 Å². The predicted molar refractivity (Wildman–Crippen MR) is 55.8 cm³/mol. The van der Waals surface area contributed by atoms with Crippen molar-refractivity contribution in [3.8, 4) is 0 Å². The Kier molecular flexibility index (Phi) is 2.98. The Morgan fingerprint density at radius 2 is 2.07 bits per heavy atom. The number of ether oxygens (including phenoxy) is 1. The third-order valence-corrected chi connectivity index (χ3v) is 3.81. The number of rotatable bonds is 4. The number of aliphatic carboxylic acids is 1. The molecule has 2 fully saturated rings. The maximum atomic E-state index is 10.9. The molecule has 86 valence electrons. The second kappa shape index (κ2) is 4.10. The minimum atomic E-state index is -0.684. The highest BCUT2D eigenvalue weighted by Gasteiger charge is 2.50. The van der Waals surface area contributed by atoms with Gasteiger partial charge in [-0.1, -0.05) is 0 Å². The molecular formula is C11H19NO3. The molecule has 1 saturated heterocycles. The fourth-order valence-corrected chi connectivity index (χ4v) is 2.94. The van der Waals surface area contributed by atoms with Crippen molar-refractivity contribution in [3.05, 3.63) is 0 Å². The topological polar surface area (TPSA) is 49.8 Å². The van der Waals surface area contributed by atoms with Crippen molar-refractivity contribution in [1.29, 1.82) is 0 Å². The molecule has 0 unspecified atom stereocenters. The van der Waals surface area contributed by atoms with Crippen molar-refractivity contribution >= 4 is 5.97 Å². The second-order valence-electron chi connectivity index (χ2n) is 4.75. The molecule has 0 atom stereocenters. The van der Waals surface area contributed by atoms with Crippen LogP contribution in [-0.2, 0) is 9.53 Å². The first-order chi connectivity index (χ1) is 7.16. The molecule has 15 heavy (non-hydrogen) atoms. The fourth-order valence-electron chi connectivity index (χ4n) is 2.94. The third-order valence-electron chi connectivity index (χ3n) is 3.81. The normalized spacial score (nSPS) is 36.5. The fraction of sp³-hybridized carbons (Fsp3) is 0.909. The maximum absolute atomic E-state index is 10.9. The molecule has 1 aliphatic carbocycles. The first-order valence-electron chi connectivity index (χ1n) is 5.66. The largest absolute Gasteiger partial charge is 0.481 e. The van der Waals surface area contributed by atoms with E-state index in [1.165, 1.54) is 12.8 Å². The Bertz CT molecular complexity index is 242. The van der Waals surface area contributed by atoms with Crippen molar-refractivity contribution in [2.24, 2.45) is 0 Å². The zero-order valence-electron chi connectivity index (χ0n) is 9.24. The van der Waals surface area contributed by atoms with E-state index >= 15 is 0 Å². The summed E-state index contributed by atoms with van der Waals surface area (Å²) in [7, 11) is 1.71. The Morgan fingerprint density at radius 1 is 1.47 bits per heavy atom. The number of hydrogen-bond donors (Lipinski definition) is 1. The lowest BCUT2D eigenvalue weighted by Crippen LogP contribution is -2.60. The number of carboxylic acid groups (broad SMARTS) is 1. The zero-order chi connectivity index (χ0) is 10.9. The quantitative estimate of drug-likeness (QED) is 0.760. The monoisotopic (exact) mass is 213 g/mol. The van der Waals surface area contributed by atoms with Gasteiger partial charge in [0.05, 0.1) is 12.5 Å². The smallest absolute Gasteiger partial charge is 0.305 e. The van der Waals surface area contributed by atoms with Gasteiger partial charge >= 0.3 is 5.97 Å². The van der Waals surface area contributed by atoms with E-state index in [-0.39, 0.29) is 18.1 Å². The van der Waals surface area contributed by atoms with Crippen LogP contribution in [0.4, 0.5) is 0 Å². The molecule has 0 aromatic rings. The van der Waals surface area contributed by atoms with E-state index in [4.69, 9.17) is 9.84 Å². The maximum Gasteiger partial charge on any atom is 0.305 e. The van der Waals surface area contributed by atoms with Gasteiger partial charge in [-0.25, -0.2) is 0 Å².